The molecule has 5 nitrogen and oxygen atoms in total. The van der Waals surface area contributed by atoms with E-state index in [1.807, 2.05) is 20.8 Å². The number of aromatic amines is 1. The van der Waals surface area contributed by atoms with Crippen LogP contribution in [0.25, 0.3) is 0 Å². The number of hydrogen-bond acceptors (Lipinski definition) is 4. The molecule has 1 aromatic heterocycles. The van der Waals surface area contributed by atoms with Gasteiger partial charge in [0, 0.05) is 17.8 Å². The van der Waals surface area contributed by atoms with Crippen LogP contribution < -0.4 is 5.32 Å². The van der Waals surface area contributed by atoms with E-state index in [-0.39, 0.29) is 17.9 Å². The molecule has 1 rings (SSSR count). The van der Waals surface area contributed by atoms with Crippen molar-refractivity contribution in [2.24, 2.45) is 5.92 Å². The van der Waals surface area contributed by atoms with Gasteiger partial charge in [-0.2, -0.15) is 5.10 Å². The Balaban J connectivity index is 2.57. The minimum absolute atomic E-state index is 0.194. The molecule has 0 aromatic carbocycles. The molecule has 0 unspecified atom stereocenters. The normalized spacial score (nSPS) is 12.8. The van der Waals surface area contributed by atoms with E-state index in [1.165, 1.54) is 7.11 Å². The van der Waals surface area contributed by atoms with E-state index in [0.29, 0.717) is 6.54 Å². The number of rotatable bonds is 5. The van der Waals surface area contributed by atoms with Gasteiger partial charge >= 0.3 is 5.97 Å². The molecule has 0 radical (unpaired) electrons. The molecular formula is C11H19N3O2. The van der Waals surface area contributed by atoms with Crippen molar-refractivity contribution in [1.82, 2.24) is 15.5 Å². The average Bonchev–Trinajstić information content (AvgIpc) is 2.64. The maximum Gasteiger partial charge on any atom is 0.323 e. The number of nitrogens with one attached hydrogen (secondary N) is 2. The number of esters is 1. The van der Waals surface area contributed by atoms with Crippen molar-refractivity contribution in [2.75, 3.05) is 7.11 Å². The molecule has 5 heteroatoms. The summed E-state index contributed by atoms with van der Waals surface area (Å²) in [5, 5.41) is 9.97. The van der Waals surface area contributed by atoms with Gasteiger partial charge in [0.25, 0.3) is 0 Å². The van der Waals surface area contributed by atoms with Crippen LogP contribution in [0.15, 0.2) is 6.20 Å². The fourth-order valence-electron chi connectivity index (χ4n) is 1.49. The summed E-state index contributed by atoms with van der Waals surface area (Å²) in [7, 11) is 1.41. The van der Waals surface area contributed by atoms with Gasteiger partial charge in [0.2, 0.25) is 0 Å². The van der Waals surface area contributed by atoms with Crippen LogP contribution in [0, 0.1) is 12.8 Å². The highest BCUT2D eigenvalue weighted by Gasteiger charge is 2.22. The first-order chi connectivity index (χ1) is 7.56. The molecule has 2 N–H and O–H groups in total. The zero-order valence-electron chi connectivity index (χ0n) is 10.2. The molecule has 0 aliphatic carbocycles. The van der Waals surface area contributed by atoms with E-state index in [9.17, 15) is 4.79 Å². The minimum atomic E-state index is -0.278. The molecule has 0 fully saturated rings. The van der Waals surface area contributed by atoms with Gasteiger partial charge in [-0.05, 0) is 12.8 Å². The summed E-state index contributed by atoms with van der Waals surface area (Å²) in [6.07, 6.45) is 1.76. The van der Waals surface area contributed by atoms with Crippen molar-refractivity contribution in [2.45, 2.75) is 33.4 Å². The van der Waals surface area contributed by atoms with Gasteiger partial charge in [-0.1, -0.05) is 13.8 Å². The maximum absolute atomic E-state index is 11.5. The third-order valence-corrected chi connectivity index (χ3v) is 2.57. The lowest BCUT2D eigenvalue weighted by Crippen LogP contribution is -2.41. The number of aryl methyl sites for hydroxylation is 1. The second kappa shape index (κ2) is 5.65. The van der Waals surface area contributed by atoms with Crippen LogP contribution in [0.4, 0.5) is 0 Å². The first-order valence-corrected chi connectivity index (χ1v) is 5.36. The SMILES string of the molecule is COC(=O)[C@@H](NCc1cn[nH]c1C)C(C)C. The molecule has 90 valence electrons. The number of nitrogens with zero attached hydrogens (tertiary/aromatic N) is 1. The van der Waals surface area contributed by atoms with Crippen LogP contribution in [0.1, 0.15) is 25.1 Å². The molecule has 1 heterocycles. The lowest BCUT2D eigenvalue weighted by atomic mass is 10.0. The Morgan fingerprint density at radius 1 is 1.62 bits per heavy atom. The van der Waals surface area contributed by atoms with Crippen LogP contribution in [0.5, 0.6) is 0 Å². The summed E-state index contributed by atoms with van der Waals surface area (Å²) in [6, 6.07) is -0.278. The summed E-state index contributed by atoms with van der Waals surface area (Å²) in [6.45, 7) is 6.53. The fraction of sp³-hybridized carbons (Fsp3) is 0.636. The van der Waals surface area contributed by atoms with Gasteiger partial charge in [-0.25, -0.2) is 0 Å². The largest absolute Gasteiger partial charge is 0.468 e. The lowest BCUT2D eigenvalue weighted by molar-refractivity contribution is -0.144. The molecule has 1 aromatic rings. The van der Waals surface area contributed by atoms with E-state index in [0.717, 1.165) is 11.3 Å². The summed E-state index contributed by atoms with van der Waals surface area (Å²) in [4.78, 5) is 11.5. The zero-order valence-corrected chi connectivity index (χ0v) is 10.2. The maximum atomic E-state index is 11.5. The van der Waals surface area contributed by atoms with Crippen LogP contribution >= 0.6 is 0 Å². The van der Waals surface area contributed by atoms with Gasteiger partial charge in [0.05, 0.1) is 13.3 Å². The number of methoxy groups -OCH3 is 1. The van der Waals surface area contributed by atoms with E-state index in [1.54, 1.807) is 6.20 Å². The Labute approximate surface area is 95.6 Å². The Morgan fingerprint density at radius 3 is 2.75 bits per heavy atom. The Bertz CT molecular complexity index is 347. The standard InChI is InChI=1S/C11H19N3O2/c1-7(2)10(11(15)16-4)12-5-9-6-13-14-8(9)3/h6-7,10,12H,5H2,1-4H3,(H,13,14)/t10-/m0/s1. The molecule has 1 atom stereocenters. The van der Waals surface area contributed by atoms with Crippen molar-refractivity contribution in [3.05, 3.63) is 17.5 Å². The quantitative estimate of drug-likeness (QED) is 0.734. The van der Waals surface area contributed by atoms with Crippen molar-refractivity contribution >= 4 is 5.97 Å². The number of H-pyrrole nitrogens is 1. The van der Waals surface area contributed by atoms with Crippen molar-refractivity contribution in [3.8, 4) is 0 Å². The zero-order chi connectivity index (χ0) is 12.1. The lowest BCUT2D eigenvalue weighted by Gasteiger charge is -2.19. The number of hydrogen-bond donors (Lipinski definition) is 2. The van der Waals surface area contributed by atoms with Crippen molar-refractivity contribution in [1.29, 1.82) is 0 Å². The highest BCUT2D eigenvalue weighted by molar-refractivity contribution is 5.75. The fourth-order valence-corrected chi connectivity index (χ4v) is 1.49. The summed E-state index contributed by atoms with van der Waals surface area (Å²) in [5.74, 6) is -0.0317. The molecule has 0 aliphatic rings. The minimum Gasteiger partial charge on any atom is -0.468 e. The number of carbonyl (C=O) groups excluding carboxylic acids is 1. The van der Waals surface area contributed by atoms with Crippen LogP contribution in [0.2, 0.25) is 0 Å². The summed E-state index contributed by atoms with van der Waals surface area (Å²) >= 11 is 0. The molecule has 16 heavy (non-hydrogen) atoms. The third-order valence-electron chi connectivity index (χ3n) is 2.57. The molecule has 0 bridgehead atoms. The average molecular weight is 225 g/mol. The van der Waals surface area contributed by atoms with E-state index in [4.69, 9.17) is 4.74 Å². The smallest absolute Gasteiger partial charge is 0.323 e. The monoisotopic (exact) mass is 225 g/mol. The third kappa shape index (κ3) is 3.06. The molecule has 0 saturated heterocycles. The Morgan fingerprint density at radius 2 is 2.31 bits per heavy atom. The van der Waals surface area contributed by atoms with E-state index in [2.05, 4.69) is 15.5 Å². The van der Waals surface area contributed by atoms with Gasteiger partial charge in [0.15, 0.2) is 0 Å². The molecule has 0 aliphatic heterocycles. The highest BCUT2D eigenvalue weighted by Crippen LogP contribution is 2.07. The number of aromatic nitrogens is 2. The predicted molar refractivity (Wildman–Crippen MR) is 60.8 cm³/mol. The predicted octanol–water partition coefficient (Wildman–Crippen LogP) is 1.01. The Hall–Kier alpha value is -1.36. The van der Waals surface area contributed by atoms with E-state index < -0.39 is 0 Å². The summed E-state index contributed by atoms with van der Waals surface area (Å²) < 4.78 is 4.75. The van der Waals surface area contributed by atoms with Gasteiger partial charge in [0.1, 0.15) is 6.04 Å². The number of ether oxygens (including phenoxy) is 1. The first kappa shape index (κ1) is 12.7. The first-order valence-electron chi connectivity index (χ1n) is 5.36. The number of carbonyl (C=O) groups is 1. The van der Waals surface area contributed by atoms with Gasteiger partial charge in [-0.3, -0.25) is 15.2 Å². The molecular weight excluding hydrogens is 206 g/mol. The van der Waals surface area contributed by atoms with Gasteiger partial charge < -0.3 is 4.74 Å². The van der Waals surface area contributed by atoms with Gasteiger partial charge in [-0.15, -0.1) is 0 Å². The van der Waals surface area contributed by atoms with Crippen LogP contribution in [0.3, 0.4) is 0 Å². The van der Waals surface area contributed by atoms with Crippen LogP contribution in [-0.2, 0) is 16.1 Å². The Kier molecular flexibility index (Phi) is 4.49. The molecule has 0 saturated carbocycles. The highest BCUT2D eigenvalue weighted by atomic mass is 16.5. The molecule has 0 amide bonds. The summed E-state index contributed by atoms with van der Waals surface area (Å²) in [5.41, 5.74) is 2.08. The topological polar surface area (TPSA) is 67.0 Å². The van der Waals surface area contributed by atoms with Crippen molar-refractivity contribution in [3.63, 3.8) is 0 Å². The second-order valence-electron chi connectivity index (χ2n) is 4.15. The van der Waals surface area contributed by atoms with E-state index >= 15 is 0 Å². The second-order valence-corrected chi connectivity index (χ2v) is 4.15. The molecule has 0 spiro atoms. The van der Waals surface area contributed by atoms with Crippen molar-refractivity contribution < 1.29 is 9.53 Å². The van der Waals surface area contributed by atoms with Crippen LogP contribution in [-0.4, -0.2) is 29.3 Å².